The minimum absolute atomic E-state index is 0.00842. The van der Waals surface area contributed by atoms with Gasteiger partial charge in [-0.1, -0.05) is 41.9 Å². The standard InChI is InChI=1S/C23H26ClFN6O3/c1-14(9-10-26)30(12-19(32)28-11-15-5-4-7-17(25)21(15)24)20(33)13-31-18-8-3-2-6-16(18)22(29-31)23(27)34/h2-8,14H,9-13,26H2,1H3,(H2,27,34)(H,28,32). The van der Waals surface area contributed by atoms with Crippen molar-refractivity contribution in [1.29, 1.82) is 0 Å². The quantitative estimate of drug-likeness (QED) is 0.400. The van der Waals surface area contributed by atoms with Gasteiger partial charge in [-0.05, 0) is 37.6 Å². The number of primary amides is 1. The highest BCUT2D eigenvalue weighted by atomic mass is 35.5. The van der Waals surface area contributed by atoms with E-state index in [1.165, 1.54) is 21.7 Å². The Labute approximate surface area is 200 Å². The Morgan fingerprint density at radius 2 is 1.94 bits per heavy atom. The maximum absolute atomic E-state index is 13.6. The Kier molecular flexibility index (Phi) is 8.19. The maximum atomic E-state index is 13.6. The number of nitrogens with zero attached hydrogens (tertiary/aromatic N) is 3. The molecular weight excluding hydrogens is 463 g/mol. The maximum Gasteiger partial charge on any atom is 0.269 e. The summed E-state index contributed by atoms with van der Waals surface area (Å²) < 4.78 is 15.0. The molecule has 9 nitrogen and oxygen atoms in total. The molecular formula is C23H26ClFN6O3. The van der Waals surface area contributed by atoms with E-state index < -0.39 is 17.6 Å². The topological polar surface area (TPSA) is 136 Å². The van der Waals surface area contributed by atoms with Crippen LogP contribution in [0.3, 0.4) is 0 Å². The predicted molar refractivity (Wildman–Crippen MR) is 126 cm³/mol. The first-order valence-electron chi connectivity index (χ1n) is 10.7. The number of aromatic nitrogens is 2. The molecule has 3 aromatic rings. The van der Waals surface area contributed by atoms with Crippen molar-refractivity contribution in [1.82, 2.24) is 20.0 Å². The average Bonchev–Trinajstić information content (AvgIpc) is 3.17. The van der Waals surface area contributed by atoms with E-state index in [1.54, 1.807) is 37.3 Å². The van der Waals surface area contributed by atoms with E-state index >= 15 is 0 Å². The summed E-state index contributed by atoms with van der Waals surface area (Å²) in [6, 6.07) is 10.9. The minimum atomic E-state index is -0.703. The number of nitrogens with two attached hydrogens (primary N) is 2. The second kappa shape index (κ2) is 11.1. The lowest BCUT2D eigenvalue weighted by Crippen LogP contribution is -2.47. The van der Waals surface area contributed by atoms with Crippen molar-refractivity contribution >= 4 is 40.2 Å². The number of rotatable bonds is 10. The molecule has 0 bridgehead atoms. The van der Waals surface area contributed by atoms with Crippen molar-refractivity contribution in [2.45, 2.75) is 32.5 Å². The lowest BCUT2D eigenvalue weighted by molar-refractivity contribution is -0.138. The van der Waals surface area contributed by atoms with Crippen molar-refractivity contribution < 1.29 is 18.8 Å². The van der Waals surface area contributed by atoms with E-state index in [1.807, 2.05) is 0 Å². The molecule has 3 rings (SSSR count). The van der Waals surface area contributed by atoms with Gasteiger partial charge < -0.3 is 21.7 Å². The summed E-state index contributed by atoms with van der Waals surface area (Å²) in [7, 11) is 0. The third kappa shape index (κ3) is 5.70. The van der Waals surface area contributed by atoms with Crippen LogP contribution in [0.1, 0.15) is 29.4 Å². The smallest absolute Gasteiger partial charge is 0.269 e. The molecule has 1 aromatic heterocycles. The van der Waals surface area contributed by atoms with Gasteiger partial charge in [-0.15, -0.1) is 0 Å². The summed E-state index contributed by atoms with van der Waals surface area (Å²) in [4.78, 5) is 39.0. The number of carbonyl (C=O) groups excluding carboxylic acids is 3. The molecule has 180 valence electrons. The van der Waals surface area contributed by atoms with Crippen LogP contribution in [0.2, 0.25) is 5.02 Å². The molecule has 1 heterocycles. The molecule has 0 aliphatic heterocycles. The summed E-state index contributed by atoms with van der Waals surface area (Å²) >= 11 is 5.94. The summed E-state index contributed by atoms with van der Waals surface area (Å²) in [5.41, 5.74) is 12.2. The molecule has 11 heteroatoms. The van der Waals surface area contributed by atoms with Crippen LogP contribution in [0.5, 0.6) is 0 Å². The first kappa shape index (κ1) is 25.1. The van der Waals surface area contributed by atoms with E-state index in [0.29, 0.717) is 29.4 Å². The second-order valence-electron chi connectivity index (χ2n) is 7.83. The SMILES string of the molecule is CC(CCN)N(CC(=O)NCc1cccc(F)c1Cl)C(=O)Cn1nc(C(N)=O)c2ccccc21. The highest BCUT2D eigenvalue weighted by Crippen LogP contribution is 2.20. The fourth-order valence-corrected chi connectivity index (χ4v) is 3.82. The minimum Gasteiger partial charge on any atom is -0.364 e. The molecule has 1 atom stereocenters. The molecule has 2 aromatic carbocycles. The van der Waals surface area contributed by atoms with Crippen LogP contribution in [0.15, 0.2) is 42.5 Å². The van der Waals surface area contributed by atoms with Gasteiger partial charge in [0.05, 0.1) is 17.1 Å². The van der Waals surface area contributed by atoms with Gasteiger partial charge in [-0.2, -0.15) is 5.10 Å². The zero-order valence-electron chi connectivity index (χ0n) is 18.6. The number of amides is 3. The number of carbonyl (C=O) groups is 3. The van der Waals surface area contributed by atoms with Crippen molar-refractivity contribution in [2.75, 3.05) is 13.1 Å². The van der Waals surface area contributed by atoms with Crippen LogP contribution in [0.4, 0.5) is 4.39 Å². The largest absolute Gasteiger partial charge is 0.364 e. The van der Waals surface area contributed by atoms with Crippen molar-refractivity contribution in [3.63, 3.8) is 0 Å². The van der Waals surface area contributed by atoms with Crippen LogP contribution in [0.25, 0.3) is 10.9 Å². The number of halogens is 2. The van der Waals surface area contributed by atoms with Gasteiger partial charge in [0.25, 0.3) is 5.91 Å². The third-order valence-electron chi connectivity index (χ3n) is 5.43. The van der Waals surface area contributed by atoms with Gasteiger partial charge >= 0.3 is 0 Å². The number of fused-ring (bicyclic) bond motifs is 1. The first-order chi connectivity index (χ1) is 16.2. The molecule has 0 aliphatic rings. The zero-order valence-corrected chi connectivity index (χ0v) is 19.4. The van der Waals surface area contributed by atoms with Gasteiger partial charge in [0.15, 0.2) is 5.69 Å². The third-order valence-corrected chi connectivity index (χ3v) is 5.86. The number of hydrogen-bond acceptors (Lipinski definition) is 5. The molecule has 3 amide bonds. The number of para-hydroxylation sites is 1. The Morgan fingerprint density at radius 3 is 2.65 bits per heavy atom. The summed E-state index contributed by atoms with van der Waals surface area (Å²) in [5, 5.41) is 7.34. The Hall–Kier alpha value is -3.50. The Bertz CT molecular complexity index is 1210. The highest BCUT2D eigenvalue weighted by Gasteiger charge is 2.25. The second-order valence-corrected chi connectivity index (χ2v) is 8.20. The molecule has 1 unspecified atom stereocenters. The van der Waals surface area contributed by atoms with Crippen LogP contribution < -0.4 is 16.8 Å². The molecule has 34 heavy (non-hydrogen) atoms. The number of hydrogen-bond donors (Lipinski definition) is 3. The first-order valence-corrected chi connectivity index (χ1v) is 11.0. The molecule has 0 spiro atoms. The van der Waals surface area contributed by atoms with Crippen LogP contribution in [-0.2, 0) is 22.7 Å². The van der Waals surface area contributed by atoms with Gasteiger partial charge in [0.2, 0.25) is 11.8 Å². The lowest BCUT2D eigenvalue weighted by Gasteiger charge is -2.28. The van der Waals surface area contributed by atoms with E-state index in [0.717, 1.165) is 0 Å². The molecule has 0 saturated heterocycles. The Balaban J connectivity index is 1.76. The normalized spacial score (nSPS) is 11.9. The number of nitrogens with one attached hydrogen (secondary N) is 1. The van der Waals surface area contributed by atoms with Crippen LogP contribution >= 0.6 is 11.6 Å². The zero-order chi connectivity index (χ0) is 24.8. The summed E-state index contributed by atoms with van der Waals surface area (Å²) in [5.74, 6) is -2.11. The fourth-order valence-electron chi connectivity index (χ4n) is 3.63. The fraction of sp³-hybridized carbons (Fsp3) is 0.304. The Morgan fingerprint density at radius 1 is 1.21 bits per heavy atom. The van der Waals surface area contributed by atoms with Gasteiger partial charge in [0.1, 0.15) is 12.4 Å². The average molecular weight is 489 g/mol. The van der Waals surface area contributed by atoms with Crippen molar-refractivity contribution in [2.24, 2.45) is 11.5 Å². The van der Waals surface area contributed by atoms with E-state index in [2.05, 4.69) is 10.4 Å². The number of benzene rings is 2. The highest BCUT2D eigenvalue weighted by molar-refractivity contribution is 6.31. The van der Waals surface area contributed by atoms with Crippen LogP contribution in [-0.4, -0.2) is 51.5 Å². The summed E-state index contributed by atoms with van der Waals surface area (Å²) in [6.45, 7) is 1.68. The molecule has 0 fully saturated rings. The molecule has 5 N–H and O–H groups in total. The molecule has 0 saturated carbocycles. The van der Waals surface area contributed by atoms with Gasteiger partial charge in [0, 0.05) is 18.0 Å². The molecule has 0 aliphatic carbocycles. The van der Waals surface area contributed by atoms with Gasteiger partial charge in [-0.3, -0.25) is 19.1 Å². The summed E-state index contributed by atoms with van der Waals surface area (Å²) in [6.07, 6.45) is 0.473. The van der Waals surface area contributed by atoms with Crippen molar-refractivity contribution in [3.05, 3.63) is 64.6 Å². The van der Waals surface area contributed by atoms with Crippen molar-refractivity contribution in [3.8, 4) is 0 Å². The van der Waals surface area contributed by atoms with E-state index in [-0.39, 0.29) is 42.3 Å². The predicted octanol–water partition coefficient (Wildman–Crippen LogP) is 1.81. The van der Waals surface area contributed by atoms with E-state index in [4.69, 9.17) is 23.1 Å². The van der Waals surface area contributed by atoms with E-state index in [9.17, 15) is 18.8 Å². The van der Waals surface area contributed by atoms with Crippen LogP contribution in [0, 0.1) is 5.82 Å². The lowest BCUT2D eigenvalue weighted by atomic mass is 10.2. The monoisotopic (exact) mass is 488 g/mol. The molecule has 0 radical (unpaired) electrons. The van der Waals surface area contributed by atoms with Gasteiger partial charge in [-0.25, -0.2) is 4.39 Å².